The normalized spacial score (nSPS) is 16.1. The first-order valence-electron chi connectivity index (χ1n) is 8.49. The molecular formula is C20H24ClN2O2. The Labute approximate surface area is 154 Å². The topological polar surface area (TPSA) is 41.9 Å². The Balaban J connectivity index is 2.47. The Morgan fingerprint density at radius 2 is 2.04 bits per heavy atom. The van der Waals surface area contributed by atoms with Gasteiger partial charge >= 0.3 is 0 Å². The number of halogens is 1. The van der Waals surface area contributed by atoms with E-state index in [4.69, 9.17) is 16.3 Å². The number of aliphatic imine (C=N–C) groups is 1. The lowest BCUT2D eigenvalue weighted by molar-refractivity contribution is -0.111. The van der Waals surface area contributed by atoms with E-state index in [-0.39, 0.29) is 10.8 Å². The van der Waals surface area contributed by atoms with E-state index in [0.717, 1.165) is 17.8 Å². The van der Waals surface area contributed by atoms with Gasteiger partial charge in [0.1, 0.15) is 11.4 Å². The van der Waals surface area contributed by atoms with Crippen molar-refractivity contribution in [1.29, 1.82) is 0 Å². The summed E-state index contributed by atoms with van der Waals surface area (Å²) in [6.07, 6.45) is 4.84. The first kappa shape index (κ1) is 19.3. The predicted molar refractivity (Wildman–Crippen MR) is 104 cm³/mol. The van der Waals surface area contributed by atoms with Crippen LogP contribution in [0.25, 0.3) is 0 Å². The van der Waals surface area contributed by atoms with Gasteiger partial charge in [0.15, 0.2) is 0 Å². The summed E-state index contributed by atoms with van der Waals surface area (Å²) in [5.74, 6) is 0.385. The van der Waals surface area contributed by atoms with Crippen molar-refractivity contribution in [1.82, 2.24) is 0 Å². The molecule has 0 saturated carbocycles. The smallest absolute Gasteiger partial charge is 0.205 e. The minimum Gasteiger partial charge on any atom is -0.494 e. The fourth-order valence-electron chi connectivity index (χ4n) is 2.88. The van der Waals surface area contributed by atoms with Crippen molar-refractivity contribution in [3.63, 3.8) is 0 Å². The predicted octanol–water partition coefficient (Wildman–Crippen LogP) is 4.85. The van der Waals surface area contributed by atoms with Gasteiger partial charge in [-0.3, -0.25) is 4.79 Å². The van der Waals surface area contributed by atoms with Crippen molar-refractivity contribution in [3.8, 4) is 5.75 Å². The summed E-state index contributed by atoms with van der Waals surface area (Å²) in [4.78, 5) is 18.6. The molecule has 0 spiro atoms. The van der Waals surface area contributed by atoms with Crippen LogP contribution in [0, 0.1) is 6.08 Å². The molecule has 0 N–H and O–H groups in total. The monoisotopic (exact) mass is 359 g/mol. The molecule has 5 heteroatoms. The summed E-state index contributed by atoms with van der Waals surface area (Å²) in [6.45, 7) is 9.30. The van der Waals surface area contributed by atoms with E-state index < -0.39 is 0 Å². The Bertz CT molecular complexity index is 748. The van der Waals surface area contributed by atoms with Gasteiger partial charge in [-0.2, -0.15) is 0 Å². The lowest BCUT2D eigenvalue weighted by Crippen LogP contribution is -2.30. The van der Waals surface area contributed by atoms with Crippen molar-refractivity contribution in [2.75, 3.05) is 18.6 Å². The molecule has 0 heterocycles. The molecule has 0 atom stereocenters. The highest BCUT2D eigenvalue weighted by Gasteiger charge is 2.19. The minimum absolute atomic E-state index is 0.191. The minimum atomic E-state index is -0.296. The fourth-order valence-corrected chi connectivity index (χ4v) is 3.17. The number of Topliss-reactive ketones (excluding diaryl/α,β-unsaturated/α-hetero) is 1. The maximum absolute atomic E-state index is 11.7. The lowest BCUT2D eigenvalue weighted by atomic mass is 10.00. The summed E-state index contributed by atoms with van der Waals surface area (Å²) in [5.41, 5.74) is 3.16. The number of rotatable bonds is 6. The summed E-state index contributed by atoms with van der Waals surface area (Å²) < 4.78 is 5.53. The quantitative estimate of drug-likeness (QED) is 0.682. The van der Waals surface area contributed by atoms with Crippen molar-refractivity contribution < 1.29 is 9.53 Å². The molecule has 0 saturated heterocycles. The van der Waals surface area contributed by atoms with Gasteiger partial charge in [0.05, 0.1) is 17.9 Å². The zero-order valence-corrected chi connectivity index (χ0v) is 16.1. The molecule has 1 aromatic rings. The van der Waals surface area contributed by atoms with E-state index in [0.29, 0.717) is 29.6 Å². The average Bonchev–Trinajstić information content (AvgIpc) is 2.59. The lowest BCUT2D eigenvalue weighted by Gasteiger charge is -2.28. The van der Waals surface area contributed by atoms with Crippen LogP contribution in [-0.2, 0) is 4.79 Å². The number of hydrogen-bond acceptors (Lipinski definition) is 4. The van der Waals surface area contributed by atoms with Gasteiger partial charge in [-0.05, 0) is 45.4 Å². The number of benzene rings is 1. The number of ether oxygens (including phenoxy) is 1. The molecule has 1 aromatic carbocycles. The van der Waals surface area contributed by atoms with Gasteiger partial charge in [-0.1, -0.05) is 18.5 Å². The SMILES string of the molecule is CCC1=C(Cl)C(=O)[C]=CC1=Nc1ccc(N(CC)C(C)C)cc1OC. The molecule has 4 nitrogen and oxygen atoms in total. The van der Waals surface area contributed by atoms with Gasteiger partial charge in [-0.25, -0.2) is 4.99 Å². The maximum Gasteiger partial charge on any atom is 0.205 e. The number of methoxy groups -OCH3 is 1. The van der Waals surface area contributed by atoms with Crippen LogP contribution in [0.1, 0.15) is 34.1 Å². The number of ketones is 1. The number of carbonyl (C=O) groups excluding carboxylic acids is 1. The zero-order valence-electron chi connectivity index (χ0n) is 15.4. The van der Waals surface area contributed by atoms with E-state index in [1.165, 1.54) is 0 Å². The third kappa shape index (κ3) is 4.13. The standard InChI is InChI=1S/C20H24ClN2O2/c1-6-15-16(10-11-18(24)20(15)21)22-17-9-8-14(12-19(17)25-5)23(7-2)13(3)4/h8-10,12-13H,6-7H2,1-5H3. The molecule has 1 aliphatic rings. The summed E-state index contributed by atoms with van der Waals surface area (Å²) in [7, 11) is 1.63. The number of carbonyl (C=O) groups is 1. The fraction of sp³-hybridized carbons (Fsp3) is 0.400. The second-order valence-electron chi connectivity index (χ2n) is 6.00. The van der Waals surface area contributed by atoms with Crippen LogP contribution in [0.3, 0.4) is 0 Å². The third-order valence-corrected chi connectivity index (χ3v) is 4.57. The Morgan fingerprint density at radius 1 is 1.32 bits per heavy atom. The van der Waals surface area contributed by atoms with Crippen LogP contribution in [-0.4, -0.2) is 31.2 Å². The molecule has 0 aromatic heterocycles. The van der Waals surface area contributed by atoms with Crippen molar-refractivity contribution >= 4 is 34.5 Å². The molecule has 25 heavy (non-hydrogen) atoms. The number of allylic oxidation sites excluding steroid dienone is 4. The van der Waals surface area contributed by atoms with Crippen LogP contribution < -0.4 is 9.64 Å². The largest absolute Gasteiger partial charge is 0.494 e. The van der Waals surface area contributed by atoms with E-state index >= 15 is 0 Å². The molecular weight excluding hydrogens is 336 g/mol. The third-order valence-electron chi connectivity index (χ3n) is 4.17. The number of hydrogen-bond donors (Lipinski definition) is 0. The van der Waals surface area contributed by atoms with E-state index in [1.807, 2.05) is 25.1 Å². The van der Waals surface area contributed by atoms with Crippen molar-refractivity contribution in [2.45, 2.75) is 40.2 Å². The average molecular weight is 360 g/mol. The Kier molecular flexibility index (Phi) is 6.43. The number of anilines is 1. The van der Waals surface area contributed by atoms with Gasteiger partial charge in [0.25, 0.3) is 0 Å². The summed E-state index contributed by atoms with van der Waals surface area (Å²) in [6, 6.07) is 6.34. The van der Waals surface area contributed by atoms with Crippen LogP contribution in [0.2, 0.25) is 0 Å². The highest BCUT2D eigenvalue weighted by atomic mass is 35.5. The van der Waals surface area contributed by atoms with Gasteiger partial charge in [0, 0.05) is 36.0 Å². The van der Waals surface area contributed by atoms with Crippen LogP contribution in [0.15, 0.2) is 39.9 Å². The molecule has 0 bridgehead atoms. The molecule has 133 valence electrons. The summed E-state index contributed by atoms with van der Waals surface area (Å²) in [5, 5.41) is 0.191. The molecule has 0 fully saturated rings. The Hall–Kier alpha value is -2.07. The van der Waals surface area contributed by atoms with E-state index in [9.17, 15) is 4.79 Å². The van der Waals surface area contributed by atoms with Gasteiger partial charge < -0.3 is 9.64 Å². The van der Waals surface area contributed by atoms with Gasteiger partial charge in [0.2, 0.25) is 5.78 Å². The first-order chi connectivity index (χ1) is 11.9. The number of nitrogens with zero attached hydrogens (tertiary/aromatic N) is 2. The van der Waals surface area contributed by atoms with Crippen molar-refractivity contribution in [3.05, 3.63) is 41.0 Å². The van der Waals surface area contributed by atoms with Crippen LogP contribution in [0.4, 0.5) is 11.4 Å². The van der Waals surface area contributed by atoms with Crippen molar-refractivity contribution in [2.24, 2.45) is 4.99 Å². The Morgan fingerprint density at radius 3 is 2.60 bits per heavy atom. The first-order valence-corrected chi connectivity index (χ1v) is 8.87. The molecule has 1 radical (unpaired) electrons. The molecule has 1 aliphatic carbocycles. The van der Waals surface area contributed by atoms with E-state index in [2.05, 4.69) is 36.7 Å². The summed E-state index contributed by atoms with van der Waals surface area (Å²) >= 11 is 6.12. The second kappa shape index (κ2) is 8.34. The molecule has 0 amide bonds. The maximum atomic E-state index is 11.7. The molecule has 0 unspecified atom stereocenters. The molecule has 2 rings (SSSR count). The van der Waals surface area contributed by atoms with Crippen LogP contribution in [0.5, 0.6) is 5.75 Å². The van der Waals surface area contributed by atoms with Crippen LogP contribution >= 0.6 is 11.6 Å². The second-order valence-corrected chi connectivity index (χ2v) is 6.37. The van der Waals surface area contributed by atoms with E-state index in [1.54, 1.807) is 13.2 Å². The highest BCUT2D eigenvalue weighted by Crippen LogP contribution is 2.34. The molecule has 0 aliphatic heterocycles. The highest BCUT2D eigenvalue weighted by molar-refractivity contribution is 6.47. The zero-order chi connectivity index (χ0) is 18.6. The van der Waals surface area contributed by atoms with Gasteiger partial charge in [-0.15, -0.1) is 0 Å².